The Balaban J connectivity index is 3.03. The fraction of sp³-hybridized carbons (Fsp3) is 0.667. The van der Waals surface area contributed by atoms with E-state index in [0.29, 0.717) is 5.75 Å². The van der Waals surface area contributed by atoms with Gasteiger partial charge in [0.1, 0.15) is 54.4 Å². The van der Waals surface area contributed by atoms with Crippen LogP contribution in [0.5, 0.6) is 0 Å². The molecule has 0 fully saturated rings. The van der Waals surface area contributed by atoms with Gasteiger partial charge in [0.05, 0.1) is 31.8 Å². The van der Waals surface area contributed by atoms with Gasteiger partial charge in [-0.25, -0.2) is 4.79 Å². The number of amides is 11. The van der Waals surface area contributed by atoms with Gasteiger partial charge in [-0.15, -0.1) is 0 Å². The van der Waals surface area contributed by atoms with Gasteiger partial charge >= 0.3 is 5.97 Å². The summed E-state index contributed by atoms with van der Waals surface area (Å²) in [6.45, 7) is 12.7. The molecule has 11 atom stereocenters. The smallest absolute Gasteiger partial charge is 0.326 e. The predicted octanol–water partition coefficient (Wildman–Crippen LogP) is -3.86. The summed E-state index contributed by atoms with van der Waals surface area (Å²) in [6.07, 6.45) is 1.03. The highest BCUT2D eigenvalue weighted by atomic mass is 32.2. The molecule has 1 aromatic carbocycles. The Labute approximate surface area is 530 Å². The number of aliphatic carboxylic acids is 1. The largest absolute Gasteiger partial charge is 0.480 e. The molecule has 0 unspecified atom stereocenters. The third-order valence-corrected chi connectivity index (χ3v) is 14.3. The number of nitrogens with two attached hydrogens (primary N) is 3. The average molecular weight is 1300 g/mol. The Morgan fingerprint density at radius 2 is 0.989 bits per heavy atom. The number of aliphatic hydroxyl groups is 2. The van der Waals surface area contributed by atoms with Crippen molar-refractivity contribution in [1.29, 1.82) is 0 Å². The maximum atomic E-state index is 13.9. The molecule has 0 aromatic heterocycles. The van der Waals surface area contributed by atoms with E-state index in [1.54, 1.807) is 41.5 Å². The monoisotopic (exact) mass is 1300 g/mol. The fourth-order valence-electron chi connectivity index (χ4n) is 8.57. The van der Waals surface area contributed by atoms with Crippen LogP contribution in [0, 0.1) is 23.7 Å². The first-order valence-corrected chi connectivity index (χ1v) is 31.5. The molecule has 0 bridgehead atoms. The zero-order chi connectivity index (χ0) is 67.7. The van der Waals surface area contributed by atoms with Crippen LogP contribution < -0.4 is 75.7 Å². The van der Waals surface area contributed by atoms with Crippen molar-refractivity contribution in [3.05, 3.63) is 35.9 Å². The van der Waals surface area contributed by atoms with Crippen LogP contribution in [0.2, 0.25) is 0 Å². The molecular formula is C57H97N15O15S2. The normalized spacial score (nSPS) is 14.9. The molecule has 1 aromatic rings. The van der Waals surface area contributed by atoms with Gasteiger partial charge in [0, 0.05) is 12.3 Å². The van der Waals surface area contributed by atoms with Crippen molar-refractivity contribution >= 4 is 101 Å². The molecule has 20 N–H and O–H groups in total. The number of rotatable bonds is 42. The summed E-state index contributed by atoms with van der Waals surface area (Å²) in [5.74, 6) is -11.8. The number of hydrogen-bond donors (Lipinski definition) is 18. The lowest BCUT2D eigenvalue weighted by Gasteiger charge is -2.29. The lowest BCUT2D eigenvalue weighted by atomic mass is 10.0. The quantitative estimate of drug-likeness (QED) is 0.0129. The van der Waals surface area contributed by atoms with Crippen LogP contribution in [0.3, 0.4) is 0 Å². The predicted molar refractivity (Wildman–Crippen MR) is 338 cm³/mol. The van der Waals surface area contributed by atoms with Gasteiger partial charge in [-0.3, -0.25) is 57.7 Å². The van der Waals surface area contributed by atoms with Gasteiger partial charge < -0.3 is 91.0 Å². The van der Waals surface area contributed by atoms with Crippen LogP contribution in [0.15, 0.2) is 35.3 Å². The van der Waals surface area contributed by atoms with Crippen LogP contribution in [0.1, 0.15) is 106 Å². The van der Waals surface area contributed by atoms with Crippen LogP contribution >= 0.6 is 24.4 Å². The Morgan fingerprint density at radius 1 is 0.539 bits per heavy atom. The number of thiol groups is 1. The van der Waals surface area contributed by atoms with E-state index in [1.165, 1.54) is 11.8 Å². The van der Waals surface area contributed by atoms with Gasteiger partial charge in [-0.1, -0.05) is 85.7 Å². The molecule has 0 aliphatic heterocycles. The number of nitrogens with one attached hydrogen (secondary N) is 11. The number of thioether (sulfide) groups is 1. The number of benzene rings is 1. The van der Waals surface area contributed by atoms with Gasteiger partial charge in [-0.2, -0.15) is 24.4 Å². The second-order valence-electron chi connectivity index (χ2n) is 23.1. The van der Waals surface area contributed by atoms with E-state index in [1.807, 2.05) is 50.4 Å². The van der Waals surface area contributed by atoms with Crippen molar-refractivity contribution in [3.8, 4) is 0 Å². The van der Waals surface area contributed by atoms with Gasteiger partial charge in [0.15, 0.2) is 5.96 Å². The van der Waals surface area contributed by atoms with Gasteiger partial charge in [-0.05, 0) is 93.1 Å². The highest BCUT2D eigenvalue weighted by molar-refractivity contribution is 7.98. The van der Waals surface area contributed by atoms with Crippen LogP contribution in [0.4, 0.5) is 0 Å². The summed E-state index contributed by atoms with van der Waals surface area (Å²) in [6, 6.07) is -4.18. The van der Waals surface area contributed by atoms with Gasteiger partial charge in [0.25, 0.3) is 0 Å². The third kappa shape index (κ3) is 31.6. The Hall–Kier alpha value is -7.29. The highest BCUT2D eigenvalue weighted by Crippen LogP contribution is 2.13. The molecule has 0 aliphatic carbocycles. The zero-order valence-corrected chi connectivity index (χ0v) is 54.2. The first-order chi connectivity index (χ1) is 41.7. The second-order valence-corrected chi connectivity index (χ2v) is 24.4. The van der Waals surface area contributed by atoms with Crippen molar-refractivity contribution in [2.75, 3.05) is 44.0 Å². The molecule has 0 heterocycles. The molecule has 32 heteroatoms. The lowest BCUT2D eigenvalue weighted by molar-refractivity contribution is -0.142. The number of carboxylic acid groups (broad SMARTS) is 1. The third-order valence-electron chi connectivity index (χ3n) is 13.3. The van der Waals surface area contributed by atoms with E-state index < -0.39 is 163 Å². The molecule has 502 valence electrons. The molecular weight excluding hydrogens is 1200 g/mol. The summed E-state index contributed by atoms with van der Waals surface area (Å²) in [4.78, 5) is 164. The van der Waals surface area contributed by atoms with E-state index in [4.69, 9.17) is 17.2 Å². The maximum Gasteiger partial charge on any atom is 0.326 e. The minimum atomic E-state index is -1.80. The number of carboxylic acids is 1. The van der Waals surface area contributed by atoms with E-state index in [2.05, 4.69) is 76.1 Å². The zero-order valence-electron chi connectivity index (χ0n) is 52.5. The van der Waals surface area contributed by atoms with Crippen LogP contribution in [-0.2, 0) is 64.0 Å². The molecule has 0 saturated heterocycles. The van der Waals surface area contributed by atoms with Crippen molar-refractivity contribution in [2.45, 2.75) is 174 Å². The van der Waals surface area contributed by atoms with Gasteiger partial charge in [0.2, 0.25) is 65.0 Å². The number of carbonyl (C=O) groups is 12. The first-order valence-electron chi connectivity index (χ1n) is 29.5. The number of carbonyl (C=O) groups excluding carboxylic acids is 11. The highest BCUT2D eigenvalue weighted by Gasteiger charge is 2.36. The van der Waals surface area contributed by atoms with E-state index in [0.717, 1.165) is 12.5 Å². The first kappa shape index (κ1) is 79.7. The second kappa shape index (κ2) is 41.8. The molecule has 11 amide bonds. The lowest BCUT2D eigenvalue weighted by Crippen LogP contribution is -2.62. The minimum Gasteiger partial charge on any atom is -0.480 e. The molecule has 0 radical (unpaired) electrons. The molecule has 1 rings (SSSR count). The number of aliphatic imine (C=N–C) groups is 1. The molecule has 89 heavy (non-hydrogen) atoms. The van der Waals surface area contributed by atoms with Crippen molar-refractivity contribution in [1.82, 2.24) is 58.5 Å². The van der Waals surface area contributed by atoms with Crippen molar-refractivity contribution in [2.24, 2.45) is 45.9 Å². The van der Waals surface area contributed by atoms with Crippen molar-refractivity contribution in [3.63, 3.8) is 0 Å². The van der Waals surface area contributed by atoms with E-state index in [-0.39, 0.29) is 81.0 Å². The Morgan fingerprint density at radius 3 is 1.48 bits per heavy atom. The molecule has 0 spiro atoms. The molecule has 0 aliphatic rings. The summed E-state index contributed by atoms with van der Waals surface area (Å²) < 4.78 is 0. The van der Waals surface area contributed by atoms with Crippen molar-refractivity contribution < 1.29 is 72.9 Å². The topological polar surface area (TPSA) is 488 Å². The Kier molecular flexibility index (Phi) is 37.5. The summed E-state index contributed by atoms with van der Waals surface area (Å²) in [5.41, 5.74) is 17.7. The summed E-state index contributed by atoms with van der Waals surface area (Å²) in [7, 11) is 0. The standard InChI is InChI=1S/C57H97N15O15S2/c1-29(2)21-38(68-49(79)36(18-20-89-10)65-50(80)39(22-30(3)4)67-47(77)35(58)24-34-15-12-11-13-16-34)48(78)63-25-43(75)62-26-44(76)64-41(27-73)52(82)72-46(33(9)74)55(85)69-40(23-31(5)6)51(81)70-42(28-88)53(83)71-45(32(7)8)54(84)66-37(56(86)87)17-14-19-61-57(59)60/h11-13,15-16,29-33,35-42,45-46,73-74,88H,14,17-28,58H2,1-10H3,(H,62,75)(H,63,78)(H,64,76)(H,65,80)(H,66,84)(H,67,77)(H,68,79)(H,69,85)(H,70,81)(H,71,83)(H,72,82)(H,86,87)(H4,59,60,61)/t33-,35+,36+,37+,38+,39+,40+,41+,42+,45+,46+/m1/s1. The van der Waals surface area contributed by atoms with Crippen LogP contribution in [0.25, 0.3) is 0 Å². The maximum absolute atomic E-state index is 13.9. The minimum absolute atomic E-state index is 0.0357. The molecule has 30 nitrogen and oxygen atoms in total. The SMILES string of the molecule is CSCC[C@H](NC(=O)[C@H](CC(C)C)NC(=O)[C@@H](N)Cc1ccccc1)C(=O)N[C@@H](CC(C)C)C(=O)NCC(=O)NCC(=O)N[C@@H](CO)C(=O)N[C@H](C(=O)N[C@@H](CC(C)C)C(=O)N[C@@H](CS)C(=O)N[C@H](C(=O)N[C@@H](CCCN=C(N)N)C(=O)O)C(C)C)[C@@H](C)O. The number of nitrogens with zero attached hydrogens (tertiary/aromatic N) is 1. The van der Waals surface area contributed by atoms with E-state index >= 15 is 0 Å². The average Bonchev–Trinajstić information content (AvgIpc) is 3.64. The summed E-state index contributed by atoms with van der Waals surface area (Å²) in [5, 5.41) is 57.6. The fourth-order valence-corrected chi connectivity index (χ4v) is 9.30. The summed E-state index contributed by atoms with van der Waals surface area (Å²) >= 11 is 5.62. The van der Waals surface area contributed by atoms with E-state index in [9.17, 15) is 72.9 Å². The number of guanidine groups is 1. The molecule has 0 saturated carbocycles. The number of aliphatic hydroxyl groups excluding tert-OH is 2. The Bertz CT molecular complexity index is 2530. The van der Waals surface area contributed by atoms with Crippen LogP contribution in [-0.4, -0.2) is 203 Å². The number of hydrogen-bond acceptors (Lipinski definition) is 18.